The van der Waals surface area contributed by atoms with Crippen molar-refractivity contribution in [3.05, 3.63) is 41.5 Å². The zero-order valence-electron chi connectivity index (χ0n) is 19.5. The second kappa shape index (κ2) is 10.1. The predicted molar refractivity (Wildman–Crippen MR) is 128 cm³/mol. The third kappa shape index (κ3) is 4.56. The molecule has 180 valence electrons. The summed E-state index contributed by atoms with van der Waals surface area (Å²) in [5, 5.41) is 8.80. The van der Waals surface area contributed by atoms with Gasteiger partial charge >= 0.3 is 0 Å². The van der Waals surface area contributed by atoms with Crippen molar-refractivity contribution in [3.63, 3.8) is 0 Å². The van der Waals surface area contributed by atoms with E-state index in [0.29, 0.717) is 52.6 Å². The largest absolute Gasteiger partial charge is 0.497 e. The highest BCUT2D eigenvalue weighted by atomic mass is 32.2. The Kier molecular flexibility index (Phi) is 7.01. The van der Waals surface area contributed by atoms with Gasteiger partial charge in [0.15, 0.2) is 17.3 Å². The Hall–Kier alpha value is -3.60. The number of aromatic nitrogens is 3. The molecule has 2 N–H and O–H groups in total. The van der Waals surface area contributed by atoms with E-state index in [2.05, 4.69) is 10.2 Å². The molecule has 1 aromatic heterocycles. The molecule has 4 rings (SSSR count). The summed E-state index contributed by atoms with van der Waals surface area (Å²) < 4.78 is 22.8. The van der Waals surface area contributed by atoms with Crippen LogP contribution in [0.3, 0.4) is 0 Å². The number of nitrogens with zero attached hydrogens (tertiary/aromatic N) is 4. The van der Waals surface area contributed by atoms with Gasteiger partial charge in [-0.1, -0.05) is 11.8 Å². The molecule has 11 heteroatoms. The molecule has 10 nitrogen and oxygen atoms in total. The summed E-state index contributed by atoms with van der Waals surface area (Å²) in [6, 6.07) is 9.27. The van der Waals surface area contributed by atoms with Crippen LogP contribution in [0.2, 0.25) is 0 Å². The van der Waals surface area contributed by atoms with Crippen molar-refractivity contribution in [2.75, 3.05) is 46.6 Å². The molecule has 0 saturated carbocycles. The summed E-state index contributed by atoms with van der Waals surface area (Å²) in [6.45, 7) is 1.14. The highest BCUT2D eigenvalue weighted by molar-refractivity contribution is 7.99. The Bertz CT molecular complexity index is 1200. The number of fused-ring (bicyclic) bond motifs is 1. The van der Waals surface area contributed by atoms with Crippen LogP contribution in [0.5, 0.6) is 23.0 Å². The average molecular weight is 486 g/mol. The van der Waals surface area contributed by atoms with Crippen LogP contribution < -0.4 is 24.8 Å². The summed E-state index contributed by atoms with van der Waals surface area (Å²) in [5.74, 6) is 9.44. The summed E-state index contributed by atoms with van der Waals surface area (Å²) in [6.07, 6.45) is 0.751. The Balaban J connectivity index is 1.44. The maximum absolute atomic E-state index is 12.9. The van der Waals surface area contributed by atoms with Gasteiger partial charge in [0.05, 0.1) is 39.8 Å². The molecule has 3 aromatic rings. The lowest BCUT2D eigenvalue weighted by atomic mass is 9.99. The molecule has 0 bridgehead atoms. The van der Waals surface area contributed by atoms with Crippen LogP contribution >= 0.6 is 11.8 Å². The van der Waals surface area contributed by atoms with Crippen molar-refractivity contribution in [2.45, 2.75) is 18.1 Å². The summed E-state index contributed by atoms with van der Waals surface area (Å²) in [5.41, 5.74) is 2.89. The Labute approximate surface area is 201 Å². The van der Waals surface area contributed by atoms with Crippen molar-refractivity contribution < 1.29 is 23.7 Å². The van der Waals surface area contributed by atoms with E-state index < -0.39 is 0 Å². The summed E-state index contributed by atoms with van der Waals surface area (Å²) in [4.78, 5) is 14.8. The quantitative estimate of drug-likeness (QED) is 0.379. The number of thioether (sulfide) groups is 1. The number of nitrogen functional groups attached to an aromatic ring is 1. The number of nitrogens with two attached hydrogens (primary N) is 1. The fourth-order valence-corrected chi connectivity index (χ4v) is 4.62. The molecule has 0 spiro atoms. The van der Waals surface area contributed by atoms with E-state index in [4.69, 9.17) is 24.8 Å². The van der Waals surface area contributed by atoms with Crippen LogP contribution in [0.1, 0.15) is 11.1 Å². The number of carbonyl (C=O) groups is 1. The Morgan fingerprint density at radius 1 is 0.971 bits per heavy atom. The van der Waals surface area contributed by atoms with E-state index in [1.165, 1.54) is 16.4 Å². The van der Waals surface area contributed by atoms with Crippen LogP contribution in [-0.4, -0.2) is 66.4 Å². The molecule has 1 aliphatic rings. The molecule has 1 aliphatic heterocycles. The maximum Gasteiger partial charge on any atom is 0.233 e. The standard InChI is InChI=1S/C23H27N5O5S/c1-30-16-5-6-17(18(11-16)31-2)22-25-26-23(28(22)24)34-13-21(29)27-8-7-14-9-19(32-3)20(33-4)10-15(14)12-27/h5-6,9-11H,7-8,12-13,24H2,1-4H3. The van der Waals surface area contributed by atoms with Crippen molar-refractivity contribution >= 4 is 17.7 Å². The number of hydrogen-bond donors (Lipinski definition) is 1. The zero-order valence-corrected chi connectivity index (χ0v) is 20.3. The zero-order chi connectivity index (χ0) is 24.2. The normalized spacial score (nSPS) is 12.8. The van der Waals surface area contributed by atoms with E-state index in [9.17, 15) is 4.79 Å². The minimum Gasteiger partial charge on any atom is -0.497 e. The monoisotopic (exact) mass is 485 g/mol. The number of benzene rings is 2. The first-order valence-electron chi connectivity index (χ1n) is 10.6. The SMILES string of the molecule is COc1ccc(-c2nnc(SCC(=O)N3CCc4cc(OC)c(OC)cc4C3)n2N)c(OC)c1. The highest BCUT2D eigenvalue weighted by Crippen LogP contribution is 2.34. The third-order valence-electron chi connectivity index (χ3n) is 5.71. The van der Waals surface area contributed by atoms with Crippen molar-refractivity contribution in [2.24, 2.45) is 0 Å². The van der Waals surface area contributed by atoms with Crippen LogP contribution in [0.25, 0.3) is 11.4 Å². The summed E-state index contributed by atoms with van der Waals surface area (Å²) in [7, 11) is 6.37. The first-order valence-corrected chi connectivity index (χ1v) is 11.5. The van der Waals surface area contributed by atoms with Gasteiger partial charge in [-0.25, -0.2) is 4.68 Å². The molecular formula is C23H27N5O5S. The molecule has 0 atom stereocenters. The lowest BCUT2D eigenvalue weighted by Gasteiger charge is -2.29. The minimum atomic E-state index is -0.00277. The van der Waals surface area contributed by atoms with Gasteiger partial charge in [-0.05, 0) is 41.8 Å². The topological polar surface area (TPSA) is 114 Å². The first-order chi connectivity index (χ1) is 16.5. The van der Waals surface area contributed by atoms with Crippen LogP contribution in [0, 0.1) is 0 Å². The molecule has 1 amide bonds. The van der Waals surface area contributed by atoms with Crippen LogP contribution in [-0.2, 0) is 17.8 Å². The summed E-state index contributed by atoms with van der Waals surface area (Å²) >= 11 is 1.24. The van der Waals surface area contributed by atoms with Gasteiger partial charge in [-0.15, -0.1) is 10.2 Å². The van der Waals surface area contributed by atoms with Gasteiger partial charge in [0.1, 0.15) is 11.5 Å². The van der Waals surface area contributed by atoms with Crippen LogP contribution in [0.4, 0.5) is 0 Å². The molecule has 0 aliphatic carbocycles. The Morgan fingerprint density at radius 3 is 2.35 bits per heavy atom. The van der Waals surface area contributed by atoms with Gasteiger partial charge in [-0.2, -0.15) is 0 Å². The van der Waals surface area contributed by atoms with Gasteiger partial charge < -0.3 is 29.7 Å². The van der Waals surface area contributed by atoms with Crippen molar-refractivity contribution in [1.29, 1.82) is 0 Å². The minimum absolute atomic E-state index is 0.00277. The third-order valence-corrected chi connectivity index (χ3v) is 6.64. The van der Waals surface area contributed by atoms with Gasteiger partial charge in [0.25, 0.3) is 0 Å². The Morgan fingerprint density at radius 2 is 1.68 bits per heavy atom. The second-order valence-electron chi connectivity index (χ2n) is 7.57. The van der Waals surface area contributed by atoms with Crippen LogP contribution in [0.15, 0.2) is 35.5 Å². The lowest BCUT2D eigenvalue weighted by Crippen LogP contribution is -2.37. The lowest BCUT2D eigenvalue weighted by molar-refractivity contribution is -0.129. The number of amides is 1. The number of hydrogen-bond acceptors (Lipinski definition) is 9. The fourth-order valence-electron chi connectivity index (χ4n) is 3.86. The predicted octanol–water partition coefficient (Wildman–Crippen LogP) is 2.37. The number of methoxy groups -OCH3 is 4. The van der Waals surface area contributed by atoms with E-state index in [1.807, 2.05) is 17.0 Å². The fraction of sp³-hybridized carbons (Fsp3) is 0.348. The van der Waals surface area contributed by atoms with Gasteiger partial charge in [0, 0.05) is 19.2 Å². The highest BCUT2D eigenvalue weighted by Gasteiger charge is 2.24. The van der Waals surface area contributed by atoms with E-state index in [0.717, 1.165) is 17.5 Å². The molecule has 0 radical (unpaired) electrons. The van der Waals surface area contributed by atoms with E-state index in [1.54, 1.807) is 46.6 Å². The second-order valence-corrected chi connectivity index (χ2v) is 8.51. The maximum atomic E-state index is 12.9. The molecule has 2 heterocycles. The molecule has 2 aromatic carbocycles. The van der Waals surface area contributed by atoms with Gasteiger partial charge in [0.2, 0.25) is 11.1 Å². The average Bonchev–Trinajstić information content (AvgIpc) is 3.25. The van der Waals surface area contributed by atoms with E-state index in [-0.39, 0.29) is 11.7 Å². The number of rotatable bonds is 8. The molecule has 0 fully saturated rings. The molecule has 0 unspecified atom stereocenters. The van der Waals surface area contributed by atoms with Crippen molar-refractivity contribution in [3.8, 4) is 34.4 Å². The molecule has 34 heavy (non-hydrogen) atoms. The molecular weight excluding hydrogens is 458 g/mol. The number of carbonyl (C=O) groups excluding carboxylic acids is 1. The van der Waals surface area contributed by atoms with Gasteiger partial charge in [-0.3, -0.25) is 4.79 Å². The smallest absolute Gasteiger partial charge is 0.233 e. The van der Waals surface area contributed by atoms with Crippen molar-refractivity contribution in [1.82, 2.24) is 19.8 Å². The molecule has 0 saturated heterocycles. The first kappa shape index (κ1) is 23.6. The number of ether oxygens (including phenoxy) is 4. The van der Waals surface area contributed by atoms with E-state index >= 15 is 0 Å².